The van der Waals surface area contributed by atoms with Crippen LogP contribution in [0.15, 0.2) is 6.07 Å². The smallest absolute Gasteiger partial charge is 0.134 e. The molecule has 0 bridgehead atoms. The van der Waals surface area contributed by atoms with E-state index in [0.717, 1.165) is 11.5 Å². The van der Waals surface area contributed by atoms with Crippen molar-refractivity contribution in [1.29, 1.82) is 0 Å². The van der Waals surface area contributed by atoms with Gasteiger partial charge in [0.25, 0.3) is 0 Å². The molecule has 18 heavy (non-hydrogen) atoms. The van der Waals surface area contributed by atoms with Crippen LogP contribution in [-0.4, -0.2) is 17.1 Å². The number of hydrogen-bond acceptors (Lipinski definition) is 3. The average molecular weight is 247 g/mol. The van der Waals surface area contributed by atoms with E-state index in [9.17, 15) is 0 Å². The number of rotatable bonds is 3. The lowest BCUT2D eigenvalue weighted by molar-refractivity contribution is 0.617. The van der Waals surface area contributed by atoms with Gasteiger partial charge in [-0.25, -0.2) is 4.98 Å². The van der Waals surface area contributed by atoms with Gasteiger partial charge in [-0.2, -0.15) is 0 Å². The molecule has 1 aromatic heterocycles. The maximum absolute atomic E-state index is 5.93. The monoisotopic (exact) mass is 247 g/mol. The zero-order chi connectivity index (χ0) is 13.3. The summed E-state index contributed by atoms with van der Waals surface area (Å²) in [4.78, 5) is 7.28. The van der Waals surface area contributed by atoms with Crippen LogP contribution >= 0.6 is 0 Å². The lowest BCUT2D eigenvalue weighted by Gasteiger charge is -2.31. The number of aromatic nitrogens is 1. The van der Waals surface area contributed by atoms with Crippen molar-refractivity contribution in [2.24, 2.45) is 5.73 Å². The van der Waals surface area contributed by atoms with E-state index in [0.29, 0.717) is 18.6 Å². The van der Waals surface area contributed by atoms with Crippen LogP contribution in [0.2, 0.25) is 0 Å². The zero-order valence-electron chi connectivity index (χ0n) is 12.0. The predicted molar refractivity (Wildman–Crippen MR) is 76.9 cm³/mol. The summed E-state index contributed by atoms with van der Waals surface area (Å²) in [5.74, 6) is 1.13. The molecule has 1 aliphatic heterocycles. The van der Waals surface area contributed by atoms with Crippen LogP contribution in [-0.2, 0) is 6.54 Å². The second kappa shape index (κ2) is 5.27. The maximum Gasteiger partial charge on any atom is 0.134 e. The number of hydrogen-bond donors (Lipinski definition) is 1. The molecular formula is C15H25N3. The Kier molecular flexibility index (Phi) is 3.91. The first kappa shape index (κ1) is 13.3. The van der Waals surface area contributed by atoms with Gasteiger partial charge in [0.05, 0.1) is 0 Å². The first-order valence-electron chi connectivity index (χ1n) is 7.04. The van der Waals surface area contributed by atoms with E-state index in [1.54, 1.807) is 0 Å². The van der Waals surface area contributed by atoms with Crippen LogP contribution in [0, 0.1) is 13.8 Å². The number of anilines is 1. The van der Waals surface area contributed by atoms with Gasteiger partial charge in [0.15, 0.2) is 0 Å². The van der Waals surface area contributed by atoms with E-state index in [2.05, 4.69) is 38.7 Å². The van der Waals surface area contributed by atoms with Gasteiger partial charge in [-0.05, 0) is 51.7 Å². The molecule has 100 valence electrons. The molecule has 1 fully saturated rings. The summed E-state index contributed by atoms with van der Waals surface area (Å²) >= 11 is 0. The van der Waals surface area contributed by atoms with Crippen molar-refractivity contribution in [3.05, 3.63) is 22.9 Å². The fourth-order valence-corrected chi connectivity index (χ4v) is 3.16. The quantitative estimate of drug-likeness (QED) is 0.893. The Balaban J connectivity index is 2.48. The van der Waals surface area contributed by atoms with Gasteiger partial charge in [-0.1, -0.05) is 6.92 Å². The third-order valence-corrected chi connectivity index (χ3v) is 4.16. The Morgan fingerprint density at radius 1 is 1.39 bits per heavy atom. The topological polar surface area (TPSA) is 42.2 Å². The Bertz CT molecular complexity index is 428. The van der Waals surface area contributed by atoms with Gasteiger partial charge >= 0.3 is 0 Å². The van der Waals surface area contributed by atoms with Crippen molar-refractivity contribution in [3.8, 4) is 0 Å². The van der Waals surface area contributed by atoms with Crippen molar-refractivity contribution < 1.29 is 0 Å². The minimum absolute atomic E-state index is 0.577. The van der Waals surface area contributed by atoms with Crippen molar-refractivity contribution >= 4 is 5.82 Å². The van der Waals surface area contributed by atoms with E-state index >= 15 is 0 Å². The molecule has 3 nitrogen and oxygen atoms in total. The molecule has 0 aromatic carbocycles. The van der Waals surface area contributed by atoms with Gasteiger partial charge < -0.3 is 10.6 Å². The second-order valence-corrected chi connectivity index (χ2v) is 5.48. The molecular weight excluding hydrogens is 222 g/mol. The van der Waals surface area contributed by atoms with Crippen LogP contribution in [0.5, 0.6) is 0 Å². The molecule has 2 heterocycles. The minimum Gasteiger partial charge on any atom is -0.351 e. The van der Waals surface area contributed by atoms with Gasteiger partial charge in [0, 0.05) is 29.9 Å². The summed E-state index contributed by atoms with van der Waals surface area (Å²) in [6, 6.07) is 3.33. The van der Waals surface area contributed by atoms with Crippen molar-refractivity contribution in [3.63, 3.8) is 0 Å². The van der Waals surface area contributed by atoms with Crippen LogP contribution < -0.4 is 10.6 Å². The lowest BCUT2D eigenvalue weighted by atomic mass is 10.1. The molecule has 2 unspecified atom stereocenters. The van der Waals surface area contributed by atoms with Crippen molar-refractivity contribution in [1.82, 2.24) is 4.98 Å². The highest BCUT2D eigenvalue weighted by Gasteiger charge is 2.31. The summed E-state index contributed by atoms with van der Waals surface area (Å²) in [6.07, 6.45) is 3.72. The molecule has 0 spiro atoms. The normalized spacial score (nSPS) is 23.7. The van der Waals surface area contributed by atoms with E-state index < -0.39 is 0 Å². The van der Waals surface area contributed by atoms with E-state index in [1.165, 1.54) is 30.4 Å². The highest BCUT2D eigenvalue weighted by Crippen LogP contribution is 2.34. The third-order valence-electron chi connectivity index (χ3n) is 4.16. The van der Waals surface area contributed by atoms with Crippen LogP contribution in [0.25, 0.3) is 0 Å². The van der Waals surface area contributed by atoms with Gasteiger partial charge in [0.1, 0.15) is 5.82 Å². The first-order chi connectivity index (χ1) is 8.58. The Hall–Kier alpha value is -1.09. The average Bonchev–Trinajstić information content (AvgIpc) is 2.69. The SMILES string of the molecule is CCC1CCC(C)N1c1nc(C)cc(C)c1CN. The maximum atomic E-state index is 5.93. The molecule has 2 atom stereocenters. The van der Waals surface area contributed by atoms with E-state index in [1.807, 2.05) is 0 Å². The van der Waals surface area contributed by atoms with Crippen molar-refractivity contribution in [2.45, 2.75) is 65.6 Å². The lowest BCUT2D eigenvalue weighted by Crippen LogP contribution is -2.36. The summed E-state index contributed by atoms with van der Waals surface area (Å²) in [5, 5.41) is 0. The predicted octanol–water partition coefficient (Wildman–Crippen LogP) is 2.92. The van der Waals surface area contributed by atoms with Gasteiger partial charge in [-0.15, -0.1) is 0 Å². The third kappa shape index (κ3) is 2.24. The summed E-state index contributed by atoms with van der Waals surface area (Å²) in [5.41, 5.74) is 9.51. The highest BCUT2D eigenvalue weighted by molar-refractivity contribution is 5.54. The molecule has 1 aromatic rings. The van der Waals surface area contributed by atoms with Crippen LogP contribution in [0.3, 0.4) is 0 Å². The molecule has 0 saturated carbocycles. The molecule has 2 rings (SSSR count). The molecule has 0 radical (unpaired) electrons. The Morgan fingerprint density at radius 2 is 2.11 bits per heavy atom. The number of aryl methyl sites for hydroxylation is 2. The number of pyridine rings is 1. The molecule has 2 N–H and O–H groups in total. The fraction of sp³-hybridized carbons (Fsp3) is 0.667. The van der Waals surface area contributed by atoms with E-state index in [-0.39, 0.29) is 0 Å². The van der Waals surface area contributed by atoms with Crippen molar-refractivity contribution in [2.75, 3.05) is 4.90 Å². The second-order valence-electron chi connectivity index (χ2n) is 5.48. The Morgan fingerprint density at radius 3 is 2.72 bits per heavy atom. The molecule has 1 aliphatic rings. The fourth-order valence-electron chi connectivity index (χ4n) is 3.16. The molecule has 0 aliphatic carbocycles. The summed E-state index contributed by atoms with van der Waals surface area (Å²) in [6.45, 7) is 9.35. The Labute approximate surface area is 110 Å². The molecule has 0 amide bonds. The zero-order valence-corrected chi connectivity index (χ0v) is 12.0. The minimum atomic E-state index is 0.577. The summed E-state index contributed by atoms with van der Waals surface area (Å²) < 4.78 is 0. The highest BCUT2D eigenvalue weighted by atomic mass is 15.3. The number of nitrogens with two attached hydrogens (primary N) is 1. The van der Waals surface area contributed by atoms with Crippen LogP contribution in [0.1, 0.15) is 49.9 Å². The van der Waals surface area contributed by atoms with E-state index in [4.69, 9.17) is 10.7 Å². The summed E-state index contributed by atoms with van der Waals surface area (Å²) in [7, 11) is 0. The van der Waals surface area contributed by atoms with Gasteiger partial charge in [0.2, 0.25) is 0 Å². The first-order valence-corrected chi connectivity index (χ1v) is 7.04. The number of nitrogens with zero attached hydrogens (tertiary/aromatic N) is 2. The standard InChI is InChI=1S/C15H25N3/c1-5-13-7-6-12(4)18(13)15-14(9-16)10(2)8-11(3)17-15/h8,12-13H,5-7,9,16H2,1-4H3. The molecule has 3 heteroatoms. The largest absolute Gasteiger partial charge is 0.351 e. The molecule has 1 saturated heterocycles. The van der Waals surface area contributed by atoms with Crippen LogP contribution in [0.4, 0.5) is 5.82 Å². The van der Waals surface area contributed by atoms with Gasteiger partial charge in [-0.3, -0.25) is 0 Å².